The first-order valence-corrected chi connectivity index (χ1v) is 10.2. The van der Waals surface area contributed by atoms with Crippen molar-refractivity contribution in [3.05, 3.63) is 116 Å². The van der Waals surface area contributed by atoms with Gasteiger partial charge in [0.05, 0.1) is 16.9 Å². The number of aromatic nitrogens is 2. The summed E-state index contributed by atoms with van der Waals surface area (Å²) in [6.45, 7) is 1.68. The van der Waals surface area contributed by atoms with Crippen LogP contribution in [0.5, 0.6) is 0 Å². The minimum Gasteiger partial charge on any atom is -0.267 e. The number of carbonyl (C=O) groups is 2. The Kier molecular flexibility index (Phi) is 6.13. The molecule has 10 nitrogen and oxygen atoms in total. The fourth-order valence-corrected chi connectivity index (χ4v) is 3.51. The van der Waals surface area contributed by atoms with Gasteiger partial charge in [-0.1, -0.05) is 48.5 Å². The number of nitrogens with one attached hydrogen (secondary N) is 2. The number of nitrogens with zero attached hydrogens (tertiary/aromatic N) is 3. The Labute approximate surface area is 193 Å². The minimum atomic E-state index is -0.718. The van der Waals surface area contributed by atoms with E-state index >= 15 is 0 Å². The van der Waals surface area contributed by atoms with Gasteiger partial charge in [0.2, 0.25) is 0 Å². The Bertz CT molecular complexity index is 1480. The van der Waals surface area contributed by atoms with Crippen molar-refractivity contribution in [1.29, 1.82) is 0 Å². The minimum absolute atomic E-state index is 0.0358. The molecule has 2 N–H and O–H groups in total. The Balaban J connectivity index is 1.60. The third kappa shape index (κ3) is 4.51. The summed E-state index contributed by atoms with van der Waals surface area (Å²) >= 11 is 0. The van der Waals surface area contributed by atoms with Crippen molar-refractivity contribution in [2.75, 3.05) is 0 Å². The molecule has 1 aromatic heterocycles. The number of amides is 2. The molecule has 0 saturated heterocycles. The monoisotopic (exact) mass is 457 g/mol. The van der Waals surface area contributed by atoms with Crippen molar-refractivity contribution in [3.63, 3.8) is 0 Å². The van der Waals surface area contributed by atoms with Crippen molar-refractivity contribution in [1.82, 2.24) is 20.6 Å². The second-order valence-corrected chi connectivity index (χ2v) is 7.51. The van der Waals surface area contributed by atoms with E-state index in [1.54, 1.807) is 24.3 Å². The van der Waals surface area contributed by atoms with Crippen molar-refractivity contribution >= 4 is 28.3 Å². The maximum Gasteiger partial charge on any atom is 0.290 e. The van der Waals surface area contributed by atoms with Gasteiger partial charge in [0.25, 0.3) is 23.1 Å². The zero-order chi connectivity index (χ0) is 24.2. The second-order valence-electron chi connectivity index (χ2n) is 7.51. The molecule has 0 spiro atoms. The summed E-state index contributed by atoms with van der Waals surface area (Å²) in [6, 6.07) is 19.7. The van der Waals surface area contributed by atoms with Gasteiger partial charge in [-0.15, -0.1) is 0 Å². The highest BCUT2D eigenvalue weighted by Gasteiger charge is 2.19. The molecule has 4 rings (SSSR count). The van der Waals surface area contributed by atoms with Crippen molar-refractivity contribution in [3.8, 4) is 0 Å². The van der Waals surface area contributed by atoms with E-state index in [2.05, 4.69) is 16.0 Å². The molecule has 10 heteroatoms. The first-order valence-electron chi connectivity index (χ1n) is 10.2. The van der Waals surface area contributed by atoms with E-state index in [-0.39, 0.29) is 29.0 Å². The van der Waals surface area contributed by atoms with Crippen LogP contribution in [0.15, 0.2) is 77.6 Å². The summed E-state index contributed by atoms with van der Waals surface area (Å²) in [5.74, 6) is -1.38. The molecule has 170 valence electrons. The van der Waals surface area contributed by atoms with E-state index in [0.29, 0.717) is 16.3 Å². The Morgan fingerprint density at radius 1 is 0.941 bits per heavy atom. The van der Waals surface area contributed by atoms with Crippen LogP contribution in [0, 0.1) is 17.0 Å². The SMILES string of the molecule is Cc1cc(C(=O)NNC(=O)c2nn(Cc3ccccc3)c(=O)c3ccccc23)ccc1[N+](=O)[O-]. The highest BCUT2D eigenvalue weighted by atomic mass is 16.6. The fraction of sp³-hybridized carbons (Fsp3) is 0.0833. The van der Waals surface area contributed by atoms with E-state index in [0.717, 1.165) is 5.56 Å². The van der Waals surface area contributed by atoms with Crippen LogP contribution in [0.1, 0.15) is 32.0 Å². The van der Waals surface area contributed by atoms with Crippen LogP contribution in [0.3, 0.4) is 0 Å². The Morgan fingerprint density at radius 3 is 2.26 bits per heavy atom. The molecular formula is C24H19N5O5. The lowest BCUT2D eigenvalue weighted by molar-refractivity contribution is -0.385. The number of nitro benzene ring substituents is 1. The lowest BCUT2D eigenvalue weighted by atomic mass is 10.1. The quantitative estimate of drug-likeness (QED) is 0.349. The number of hydrogen-bond donors (Lipinski definition) is 2. The molecule has 0 saturated carbocycles. The van der Waals surface area contributed by atoms with Gasteiger partial charge >= 0.3 is 0 Å². The van der Waals surface area contributed by atoms with Gasteiger partial charge in [-0.05, 0) is 30.7 Å². The van der Waals surface area contributed by atoms with E-state index < -0.39 is 16.7 Å². The van der Waals surface area contributed by atoms with Crippen LogP contribution in [-0.2, 0) is 6.54 Å². The third-order valence-corrected chi connectivity index (χ3v) is 5.20. The summed E-state index contributed by atoms with van der Waals surface area (Å²) in [7, 11) is 0. The lowest BCUT2D eigenvalue weighted by Crippen LogP contribution is -2.42. The molecule has 0 aliphatic rings. The first-order chi connectivity index (χ1) is 16.3. The van der Waals surface area contributed by atoms with E-state index in [9.17, 15) is 24.5 Å². The number of hydrazine groups is 1. The van der Waals surface area contributed by atoms with Crippen LogP contribution in [0.2, 0.25) is 0 Å². The molecule has 2 amide bonds. The number of hydrogen-bond acceptors (Lipinski definition) is 6. The third-order valence-electron chi connectivity index (χ3n) is 5.20. The largest absolute Gasteiger partial charge is 0.290 e. The second kappa shape index (κ2) is 9.33. The Hall–Kier alpha value is -4.86. The standard InChI is InChI=1S/C24H19N5O5/c1-15-13-17(11-12-20(15)29(33)34)22(30)25-26-23(31)21-18-9-5-6-10-19(18)24(32)28(27-21)14-16-7-3-2-4-8-16/h2-13H,14H2,1H3,(H,25,30)(H,26,31). The summed E-state index contributed by atoms with van der Waals surface area (Å²) in [5.41, 5.74) is 5.37. The predicted molar refractivity (Wildman–Crippen MR) is 124 cm³/mol. The molecule has 4 aromatic rings. The normalized spacial score (nSPS) is 10.6. The van der Waals surface area contributed by atoms with Gasteiger partial charge in [-0.25, -0.2) is 4.68 Å². The maximum absolute atomic E-state index is 12.9. The molecule has 0 aliphatic heterocycles. The number of aryl methyl sites for hydroxylation is 1. The van der Waals surface area contributed by atoms with Crippen LogP contribution < -0.4 is 16.4 Å². The predicted octanol–water partition coefficient (Wildman–Crippen LogP) is 2.74. The molecule has 0 radical (unpaired) electrons. The van der Waals surface area contributed by atoms with Gasteiger partial charge in [0.15, 0.2) is 5.69 Å². The topological polar surface area (TPSA) is 136 Å². The number of benzene rings is 3. The molecule has 1 heterocycles. The van der Waals surface area contributed by atoms with Gasteiger partial charge in [-0.2, -0.15) is 5.10 Å². The molecule has 0 atom stereocenters. The molecular weight excluding hydrogens is 438 g/mol. The molecule has 0 fully saturated rings. The van der Waals surface area contributed by atoms with E-state index in [1.807, 2.05) is 30.3 Å². The molecule has 0 aliphatic carbocycles. The lowest BCUT2D eigenvalue weighted by Gasteiger charge is -2.12. The van der Waals surface area contributed by atoms with Crippen molar-refractivity contribution in [2.45, 2.75) is 13.5 Å². The van der Waals surface area contributed by atoms with Gasteiger partial charge in [-0.3, -0.25) is 35.3 Å². The smallest absolute Gasteiger partial charge is 0.267 e. The number of carbonyl (C=O) groups excluding carboxylic acids is 2. The molecule has 0 bridgehead atoms. The zero-order valence-electron chi connectivity index (χ0n) is 18.0. The molecule has 0 unspecified atom stereocenters. The van der Waals surface area contributed by atoms with Gasteiger partial charge in [0, 0.05) is 22.6 Å². The van der Waals surface area contributed by atoms with Gasteiger partial charge < -0.3 is 0 Å². The van der Waals surface area contributed by atoms with Crippen molar-refractivity contribution < 1.29 is 14.5 Å². The highest BCUT2D eigenvalue weighted by Crippen LogP contribution is 2.19. The van der Waals surface area contributed by atoms with E-state index in [1.165, 1.54) is 29.8 Å². The summed E-state index contributed by atoms with van der Waals surface area (Å²) < 4.78 is 1.20. The zero-order valence-corrected chi connectivity index (χ0v) is 18.0. The van der Waals surface area contributed by atoms with E-state index in [4.69, 9.17) is 0 Å². The van der Waals surface area contributed by atoms with Crippen LogP contribution in [0.4, 0.5) is 5.69 Å². The summed E-state index contributed by atoms with van der Waals surface area (Å²) in [4.78, 5) is 48.7. The van der Waals surface area contributed by atoms with Crippen LogP contribution >= 0.6 is 0 Å². The molecule has 34 heavy (non-hydrogen) atoms. The molecule has 3 aromatic carbocycles. The number of rotatable bonds is 5. The number of nitro groups is 1. The van der Waals surface area contributed by atoms with Crippen LogP contribution in [0.25, 0.3) is 10.8 Å². The summed E-state index contributed by atoms with van der Waals surface area (Å²) in [6.07, 6.45) is 0. The van der Waals surface area contributed by atoms with Crippen molar-refractivity contribution in [2.24, 2.45) is 0 Å². The first kappa shape index (κ1) is 22.3. The van der Waals surface area contributed by atoms with Crippen LogP contribution in [-0.4, -0.2) is 26.5 Å². The maximum atomic E-state index is 12.9. The summed E-state index contributed by atoms with van der Waals surface area (Å²) in [5, 5.41) is 15.9. The fourth-order valence-electron chi connectivity index (χ4n) is 3.51. The number of fused-ring (bicyclic) bond motifs is 1. The average Bonchev–Trinajstić information content (AvgIpc) is 2.84. The van der Waals surface area contributed by atoms with Gasteiger partial charge in [0.1, 0.15) is 0 Å². The average molecular weight is 457 g/mol. The highest BCUT2D eigenvalue weighted by molar-refractivity contribution is 6.06. The Morgan fingerprint density at radius 2 is 1.59 bits per heavy atom.